The summed E-state index contributed by atoms with van der Waals surface area (Å²) >= 11 is 0. The summed E-state index contributed by atoms with van der Waals surface area (Å²) in [5, 5.41) is 2.95. The molecule has 0 aromatic carbocycles. The Labute approximate surface area is 121 Å². The number of hydrogen-bond donors (Lipinski definition) is 1. The topological polar surface area (TPSA) is 58.6 Å². The summed E-state index contributed by atoms with van der Waals surface area (Å²) in [5.74, 6) is 0.473. The van der Waals surface area contributed by atoms with Gasteiger partial charge in [-0.3, -0.25) is 4.79 Å². The molecule has 5 heteroatoms. The number of nitrogens with zero attached hydrogens (tertiary/aromatic N) is 1. The Kier molecular flexibility index (Phi) is 5.26. The summed E-state index contributed by atoms with van der Waals surface area (Å²) in [4.78, 5) is 25.4. The lowest BCUT2D eigenvalue weighted by molar-refractivity contribution is -0.140. The highest BCUT2D eigenvalue weighted by Crippen LogP contribution is 2.39. The van der Waals surface area contributed by atoms with Gasteiger partial charge in [0.05, 0.1) is 7.11 Å². The van der Waals surface area contributed by atoms with Crippen molar-refractivity contribution in [2.75, 3.05) is 13.7 Å². The summed E-state index contributed by atoms with van der Waals surface area (Å²) in [5.41, 5.74) is 0. The van der Waals surface area contributed by atoms with Crippen LogP contribution in [0, 0.1) is 5.92 Å². The highest BCUT2D eigenvalue weighted by atomic mass is 16.5. The van der Waals surface area contributed by atoms with Gasteiger partial charge >= 0.3 is 12.0 Å². The van der Waals surface area contributed by atoms with Crippen molar-refractivity contribution in [2.45, 2.75) is 64.0 Å². The van der Waals surface area contributed by atoms with Crippen molar-refractivity contribution >= 4 is 12.0 Å². The number of amides is 2. The third-order valence-corrected chi connectivity index (χ3v) is 4.64. The van der Waals surface area contributed by atoms with Crippen LogP contribution in [0.2, 0.25) is 0 Å². The first-order valence-corrected chi connectivity index (χ1v) is 7.76. The van der Waals surface area contributed by atoms with Gasteiger partial charge in [0, 0.05) is 25.0 Å². The van der Waals surface area contributed by atoms with Crippen molar-refractivity contribution < 1.29 is 14.3 Å². The number of carbonyl (C=O) groups is 2. The molecule has 114 valence electrons. The molecular formula is C15H26N2O3. The molecule has 20 heavy (non-hydrogen) atoms. The van der Waals surface area contributed by atoms with Gasteiger partial charge in [-0.25, -0.2) is 4.79 Å². The minimum Gasteiger partial charge on any atom is -0.469 e. The molecule has 0 bridgehead atoms. The van der Waals surface area contributed by atoms with Gasteiger partial charge in [-0.05, 0) is 38.5 Å². The lowest BCUT2D eigenvalue weighted by Crippen LogP contribution is -2.47. The molecule has 0 unspecified atom stereocenters. The second-order valence-electron chi connectivity index (χ2n) is 6.02. The van der Waals surface area contributed by atoms with Crippen LogP contribution in [0.4, 0.5) is 4.79 Å². The molecule has 1 heterocycles. The molecule has 0 spiro atoms. The first-order valence-electron chi connectivity index (χ1n) is 7.76. The Bertz CT molecular complexity index is 359. The van der Waals surface area contributed by atoms with E-state index in [9.17, 15) is 9.59 Å². The maximum atomic E-state index is 12.3. The number of hydrogen-bond acceptors (Lipinski definition) is 3. The van der Waals surface area contributed by atoms with Crippen LogP contribution in [0.25, 0.3) is 0 Å². The minimum absolute atomic E-state index is 0.0387. The molecule has 2 rings (SSSR count). The molecule has 0 aromatic heterocycles. The van der Waals surface area contributed by atoms with Crippen LogP contribution in [-0.2, 0) is 9.53 Å². The van der Waals surface area contributed by atoms with Crippen molar-refractivity contribution in [2.24, 2.45) is 5.92 Å². The lowest BCUT2D eigenvalue weighted by atomic mass is 9.85. The Morgan fingerprint density at radius 2 is 2.05 bits per heavy atom. The van der Waals surface area contributed by atoms with E-state index in [1.807, 2.05) is 4.90 Å². The van der Waals surface area contributed by atoms with Gasteiger partial charge in [-0.2, -0.15) is 0 Å². The largest absolute Gasteiger partial charge is 0.469 e. The highest BCUT2D eigenvalue weighted by molar-refractivity contribution is 5.75. The average molecular weight is 282 g/mol. The van der Waals surface area contributed by atoms with Crippen LogP contribution < -0.4 is 5.32 Å². The zero-order valence-electron chi connectivity index (χ0n) is 12.6. The summed E-state index contributed by atoms with van der Waals surface area (Å²) < 4.78 is 4.58. The number of carbonyl (C=O) groups excluding carboxylic acids is 2. The van der Waals surface area contributed by atoms with Gasteiger partial charge in [-0.1, -0.05) is 12.8 Å². The predicted octanol–water partition coefficient (Wildman–Crippen LogP) is 2.30. The van der Waals surface area contributed by atoms with Crippen molar-refractivity contribution in [3.63, 3.8) is 0 Å². The van der Waals surface area contributed by atoms with Crippen LogP contribution >= 0.6 is 0 Å². The second-order valence-corrected chi connectivity index (χ2v) is 6.02. The van der Waals surface area contributed by atoms with E-state index in [4.69, 9.17) is 0 Å². The smallest absolute Gasteiger partial charge is 0.317 e. The van der Waals surface area contributed by atoms with Gasteiger partial charge in [0.15, 0.2) is 0 Å². The summed E-state index contributed by atoms with van der Waals surface area (Å²) in [6, 6.07) is 0.805. The standard InChI is InChI=1S/C15H26N2O3/c1-11-10-12-6-3-4-7-13(12)17(11)15(19)16-9-5-8-14(18)20-2/h11-13H,3-10H2,1-2H3,(H,16,19)/t11-,12+,13-/m1/s1. The van der Waals surface area contributed by atoms with E-state index in [1.54, 1.807) is 0 Å². The Balaban J connectivity index is 1.78. The summed E-state index contributed by atoms with van der Waals surface area (Å²) in [6.45, 7) is 2.68. The van der Waals surface area contributed by atoms with E-state index in [0.29, 0.717) is 37.4 Å². The van der Waals surface area contributed by atoms with Gasteiger partial charge in [0.1, 0.15) is 0 Å². The molecule has 2 amide bonds. The molecule has 1 aliphatic heterocycles. The SMILES string of the molecule is COC(=O)CCCNC(=O)N1[C@H](C)C[C@@H]2CCCC[C@H]21. The molecule has 2 fully saturated rings. The fraction of sp³-hybridized carbons (Fsp3) is 0.867. The number of ether oxygens (including phenoxy) is 1. The first kappa shape index (κ1) is 15.1. The van der Waals surface area contributed by atoms with Gasteiger partial charge in [-0.15, -0.1) is 0 Å². The fourth-order valence-electron chi connectivity index (χ4n) is 3.68. The second kappa shape index (κ2) is 6.95. The van der Waals surface area contributed by atoms with Crippen LogP contribution in [0.5, 0.6) is 0 Å². The Hall–Kier alpha value is -1.26. The molecule has 1 saturated heterocycles. The van der Waals surface area contributed by atoms with E-state index >= 15 is 0 Å². The quantitative estimate of drug-likeness (QED) is 0.636. The minimum atomic E-state index is -0.221. The Morgan fingerprint density at radius 1 is 1.30 bits per heavy atom. The maximum absolute atomic E-state index is 12.3. The van der Waals surface area contributed by atoms with E-state index in [0.717, 1.165) is 12.8 Å². The molecule has 2 aliphatic rings. The summed E-state index contributed by atoms with van der Waals surface area (Å²) in [7, 11) is 1.38. The van der Waals surface area contributed by atoms with Crippen LogP contribution in [0.15, 0.2) is 0 Å². The van der Waals surface area contributed by atoms with Crippen molar-refractivity contribution in [3.05, 3.63) is 0 Å². The first-order chi connectivity index (χ1) is 9.63. The van der Waals surface area contributed by atoms with E-state index in [1.165, 1.54) is 26.4 Å². The molecule has 1 N–H and O–H groups in total. The number of fused-ring (bicyclic) bond motifs is 1. The zero-order valence-corrected chi connectivity index (χ0v) is 12.6. The van der Waals surface area contributed by atoms with Crippen LogP contribution in [0.3, 0.4) is 0 Å². The number of urea groups is 1. The van der Waals surface area contributed by atoms with Crippen molar-refractivity contribution in [1.29, 1.82) is 0 Å². The van der Waals surface area contributed by atoms with E-state index in [2.05, 4.69) is 17.0 Å². The maximum Gasteiger partial charge on any atom is 0.317 e. The zero-order chi connectivity index (χ0) is 14.5. The lowest BCUT2D eigenvalue weighted by Gasteiger charge is -2.33. The normalized spacial score (nSPS) is 28.9. The molecule has 3 atom stereocenters. The third kappa shape index (κ3) is 3.44. The number of esters is 1. The van der Waals surface area contributed by atoms with Gasteiger partial charge < -0.3 is 15.0 Å². The number of nitrogens with one attached hydrogen (secondary N) is 1. The number of likely N-dealkylation sites (tertiary alicyclic amines) is 1. The number of rotatable bonds is 4. The van der Waals surface area contributed by atoms with E-state index < -0.39 is 0 Å². The average Bonchev–Trinajstić information content (AvgIpc) is 2.78. The molecule has 5 nitrogen and oxygen atoms in total. The fourth-order valence-corrected chi connectivity index (χ4v) is 3.68. The van der Waals surface area contributed by atoms with Gasteiger partial charge in [0.2, 0.25) is 0 Å². The predicted molar refractivity (Wildman–Crippen MR) is 76.3 cm³/mol. The highest BCUT2D eigenvalue weighted by Gasteiger charge is 2.42. The van der Waals surface area contributed by atoms with E-state index in [-0.39, 0.29) is 12.0 Å². The molecule has 0 radical (unpaired) electrons. The Morgan fingerprint density at radius 3 is 2.80 bits per heavy atom. The molecule has 0 aromatic rings. The molecule has 1 aliphatic carbocycles. The van der Waals surface area contributed by atoms with Crippen molar-refractivity contribution in [3.8, 4) is 0 Å². The number of methoxy groups -OCH3 is 1. The summed E-state index contributed by atoms with van der Waals surface area (Å²) in [6.07, 6.45) is 7.08. The van der Waals surface area contributed by atoms with Crippen LogP contribution in [-0.4, -0.2) is 42.6 Å². The molecular weight excluding hydrogens is 256 g/mol. The monoisotopic (exact) mass is 282 g/mol. The van der Waals surface area contributed by atoms with Gasteiger partial charge in [0.25, 0.3) is 0 Å². The third-order valence-electron chi connectivity index (χ3n) is 4.64. The van der Waals surface area contributed by atoms with Crippen molar-refractivity contribution in [1.82, 2.24) is 10.2 Å². The van der Waals surface area contributed by atoms with Crippen LogP contribution in [0.1, 0.15) is 51.9 Å². The molecule has 1 saturated carbocycles.